The van der Waals surface area contributed by atoms with Crippen molar-refractivity contribution in [3.05, 3.63) is 98.6 Å². The number of imide groups is 1. The fourth-order valence-electron chi connectivity index (χ4n) is 12.0. The lowest BCUT2D eigenvalue weighted by molar-refractivity contribution is -0.146. The summed E-state index contributed by atoms with van der Waals surface area (Å²) in [6.45, 7) is -0.272. The molecule has 4 aliphatic rings. The van der Waals surface area contributed by atoms with Crippen LogP contribution >= 0.6 is 19.2 Å². The summed E-state index contributed by atoms with van der Waals surface area (Å²) in [5, 5.41) is 10.6. The summed E-state index contributed by atoms with van der Waals surface area (Å²) in [5.74, 6) is -4.55. The largest absolute Gasteiger partial charge is 0.396 e. The van der Waals surface area contributed by atoms with Gasteiger partial charge >= 0.3 is 13.3 Å². The quantitative estimate of drug-likeness (QED) is 0.0461. The summed E-state index contributed by atoms with van der Waals surface area (Å²) in [6.07, 6.45) is 5.51. The zero-order valence-corrected chi connectivity index (χ0v) is 47.9. The molecular formula is C55H64ClN10O15PS. The van der Waals surface area contributed by atoms with Gasteiger partial charge in [-0.25, -0.2) is 13.2 Å². The van der Waals surface area contributed by atoms with Crippen molar-refractivity contribution in [2.45, 2.75) is 125 Å². The smallest absolute Gasteiger partial charge is 0.370 e. The number of carbonyl (C=O) groups excluding carboxylic acids is 9. The van der Waals surface area contributed by atoms with Crippen LogP contribution in [0.3, 0.4) is 0 Å². The second-order valence-electron chi connectivity index (χ2n) is 22.1. The maximum atomic E-state index is 15.0. The van der Waals surface area contributed by atoms with Crippen LogP contribution in [-0.2, 0) is 68.0 Å². The Hall–Kier alpha value is -7.51. The second-order valence-corrected chi connectivity index (χ2v) is 26.0. The summed E-state index contributed by atoms with van der Waals surface area (Å²) in [7, 11) is -7.14. The number of imidazole rings is 1. The van der Waals surface area contributed by atoms with Gasteiger partial charge in [-0.2, -0.15) is 0 Å². The van der Waals surface area contributed by atoms with E-state index < -0.39 is 88.6 Å². The monoisotopic (exact) mass is 1200 g/mol. The van der Waals surface area contributed by atoms with E-state index in [2.05, 4.69) is 26.3 Å². The number of hydrogen-bond donors (Lipinski definition) is 8. The van der Waals surface area contributed by atoms with Gasteiger partial charge in [-0.1, -0.05) is 23.7 Å². The second kappa shape index (κ2) is 24.4. The molecule has 1 aliphatic carbocycles. The van der Waals surface area contributed by atoms with Crippen molar-refractivity contribution in [3.63, 3.8) is 0 Å². The number of aromatic nitrogens is 3. The van der Waals surface area contributed by atoms with Gasteiger partial charge < -0.3 is 46.3 Å². The van der Waals surface area contributed by atoms with Crippen LogP contribution in [0.15, 0.2) is 70.4 Å². The van der Waals surface area contributed by atoms with Gasteiger partial charge in [0.15, 0.2) is 9.84 Å². The summed E-state index contributed by atoms with van der Waals surface area (Å²) >= 11 is 6.22. The first kappa shape index (κ1) is 60.1. The highest BCUT2D eigenvalue weighted by Gasteiger charge is 2.46. The van der Waals surface area contributed by atoms with E-state index in [1.165, 1.54) is 56.5 Å². The molecule has 83 heavy (non-hydrogen) atoms. The summed E-state index contributed by atoms with van der Waals surface area (Å²) in [4.78, 5) is 159. The Kier molecular flexibility index (Phi) is 17.6. The average Bonchev–Trinajstić information content (AvgIpc) is 2.94. The molecular weight excluding hydrogens is 1140 g/mol. The molecule has 0 bridgehead atoms. The fraction of sp³-hybridized carbons (Fsp3) is 0.455. The normalized spacial score (nSPS) is 21.9. The number of carbonyl (C=O) groups is 9. The molecule has 5 aromatic rings. The summed E-state index contributed by atoms with van der Waals surface area (Å²) in [6, 6.07) is 9.63. The number of amides is 8. The van der Waals surface area contributed by atoms with Crippen molar-refractivity contribution >= 4 is 104 Å². The highest BCUT2D eigenvalue weighted by Crippen LogP contribution is 2.40. The number of aromatic amines is 1. The minimum Gasteiger partial charge on any atom is -0.370 e. The number of primary amides is 1. The molecule has 0 spiro atoms. The van der Waals surface area contributed by atoms with E-state index in [0.717, 1.165) is 37.5 Å². The number of piperidine rings is 1. The number of H-pyrrole nitrogens is 1. The molecule has 0 radical (unpaired) electrons. The van der Waals surface area contributed by atoms with Crippen molar-refractivity contribution < 1.29 is 65.9 Å². The van der Waals surface area contributed by atoms with E-state index in [4.69, 9.17) is 17.3 Å². The van der Waals surface area contributed by atoms with Crippen molar-refractivity contribution in [1.29, 1.82) is 0 Å². The lowest BCUT2D eigenvalue weighted by Gasteiger charge is -2.39. The number of rotatable bonds is 18. The Morgan fingerprint density at radius 2 is 1.59 bits per heavy atom. The van der Waals surface area contributed by atoms with Crippen molar-refractivity contribution in [2.24, 2.45) is 24.6 Å². The molecule has 4 fully saturated rings. The third-order valence-electron chi connectivity index (χ3n) is 16.3. The van der Waals surface area contributed by atoms with Gasteiger partial charge in [-0.05, 0) is 136 Å². The van der Waals surface area contributed by atoms with Gasteiger partial charge in [0, 0.05) is 74.7 Å². The topological polar surface area (TPSA) is 369 Å². The van der Waals surface area contributed by atoms with Crippen LogP contribution in [0.1, 0.15) is 115 Å². The number of aryl methyl sites for hydroxylation is 1. The first-order valence-electron chi connectivity index (χ1n) is 27.3. The molecule has 9 N–H and O–H groups in total. The molecule has 25 nitrogen and oxygen atoms in total. The number of nitrogens with two attached hydrogens (primary N) is 1. The molecule has 5 heterocycles. The average molecular weight is 1200 g/mol. The first-order valence-corrected chi connectivity index (χ1v) is 31.1. The Balaban J connectivity index is 0.892. The van der Waals surface area contributed by atoms with Crippen LogP contribution in [0.2, 0.25) is 5.02 Å². The van der Waals surface area contributed by atoms with E-state index in [1.54, 1.807) is 11.9 Å². The first-order chi connectivity index (χ1) is 39.2. The number of benzene rings is 3. The van der Waals surface area contributed by atoms with Gasteiger partial charge in [-0.3, -0.25) is 62.2 Å². The summed E-state index contributed by atoms with van der Waals surface area (Å²) < 4.78 is 38.9. The zero-order valence-electron chi connectivity index (χ0n) is 45.4. The highest BCUT2D eigenvalue weighted by molar-refractivity contribution is 7.90. The van der Waals surface area contributed by atoms with Crippen LogP contribution in [0.4, 0.5) is 0 Å². The van der Waals surface area contributed by atoms with Crippen molar-refractivity contribution in [3.8, 4) is 0 Å². The molecule has 3 aliphatic heterocycles. The predicted octanol–water partition coefficient (Wildman–Crippen LogP) is 2.37. The van der Waals surface area contributed by atoms with Gasteiger partial charge in [0.1, 0.15) is 29.9 Å². The molecule has 3 aromatic carbocycles. The third-order valence-corrected chi connectivity index (χ3v) is 18.7. The summed E-state index contributed by atoms with van der Waals surface area (Å²) in [5.41, 5.74) is 6.30. The Morgan fingerprint density at radius 3 is 2.28 bits per heavy atom. The number of sulfone groups is 1. The zero-order chi connectivity index (χ0) is 59.8. The number of nitrogens with zero attached hydrogens (tertiary/aromatic N) is 4. The van der Waals surface area contributed by atoms with Gasteiger partial charge in [0.25, 0.3) is 11.4 Å². The lowest BCUT2D eigenvalue weighted by Crippen LogP contribution is -2.62. The molecule has 8 amide bonds. The maximum absolute atomic E-state index is 15.0. The van der Waals surface area contributed by atoms with Crippen molar-refractivity contribution in [1.82, 2.24) is 45.2 Å². The minimum atomic E-state index is -5.14. The third kappa shape index (κ3) is 13.5. The van der Waals surface area contributed by atoms with E-state index >= 15 is 4.79 Å². The number of nitrogens with one attached hydrogen (secondary N) is 5. The van der Waals surface area contributed by atoms with Crippen LogP contribution in [0, 0.1) is 11.8 Å². The standard InChI is InChI=1S/C55H64ClN10O15PS/c1-63-44-23-31(7-13-41(44)66(55(63)76)43-15-18-47(68)62-52(43)73)21-29-3-5-30(6-4-29)24-48(69)64-20-19-35-10-14-42(51(72)60-38(12-17-46(57)67)49(70)58-27-32-8-16-45(36(56)22-32)83(2,80)81)65(35)53(74)40(28-64)61-50(71)39-26-34-25-33(9-11-37(34)59-39)54(75)82(77,78)79/h7-9,11,13,16,22-23,25-26,29-30,35,38,40,42-43,59H,3-6,10,12,14-15,17-21,24,27-28H2,1-2H3,(H2,57,67)(H,58,70)(H,60,72)(H,61,71)(H,62,68,73)(H2,77,78,79)/t29?,30?,35-,38+,40+,42+,43?/m1/s1. The molecule has 442 valence electrons. The molecule has 1 saturated carbocycles. The van der Waals surface area contributed by atoms with Gasteiger partial charge in [0.2, 0.25) is 41.4 Å². The van der Waals surface area contributed by atoms with Gasteiger partial charge in [-0.15, -0.1) is 0 Å². The van der Waals surface area contributed by atoms with Crippen molar-refractivity contribution in [2.75, 3.05) is 19.3 Å². The fourth-order valence-corrected chi connectivity index (χ4v) is 13.8. The van der Waals surface area contributed by atoms with Gasteiger partial charge in [0.05, 0.1) is 21.0 Å². The molecule has 3 saturated heterocycles. The molecule has 9 rings (SSSR count). The van der Waals surface area contributed by atoms with E-state index in [0.29, 0.717) is 35.0 Å². The maximum Gasteiger partial charge on any atom is 0.396 e. The SMILES string of the molecule is Cn1c(=O)n(C2CCC(=O)NC2=O)c2ccc(CC3CCC(CC(=O)N4CC[C@H]5CC[C@@H](C(=O)N[C@@H](CCC(N)=O)C(=O)NCc6ccc(S(C)(=O)=O)c(Cl)c6)N5C(=O)[C@@H](NC(=O)c5cc6cc(C(=O)P(=O)(O)O)ccc6[nH]5)C4)CC3)cc21. The van der Waals surface area contributed by atoms with Crippen LogP contribution in [-0.4, -0.2) is 138 Å². The Morgan fingerprint density at radius 1 is 0.867 bits per heavy atom. The van der Waals surface area contributed by atoms with E-state index in [1.807, 2.05) is 18.2 Å². The molecule has 1 unspecified atom stereocenters. The van der Waals surface area contributed by atoms with Crippen LogP contribution in [0.25, 0.3) is 21.9 Å². The van der Waals surface area contributed by atoms with E-state index in [-0.39, 0.29) is 120 Å². The minimum absolute atomic E-state index is 0.00137. The van der Waals surface area contributed by atoms with Crippen LogP contribution < -0.4 is 32.7 Å². The molecule has 5 atom stereocenters. The number of hydrogen-bond acceptors (Lipinski definition) is 13. The molecule has 28 heteroatoms. The highest BCUT2D eigenvalue weighted by atomic mass is 35.5. The Bertz CT molecular complexity index is 3720. The predicted molar refractivity (Wildman–Crippen MR) is 300 cm³/mol. The van der Waals surface area contributed by atoms with Crippen LogP contribution in [0.5, 0.6) is 0 Å². The Labute approximate surface area is 480 Å². The lowest BCUT2D eigenvalue weighted by atomic mass is 9.78. The van der Waals surface area contributed by atoms with E-state index in [9.17, 15) is 65.9 Å². The number of fused-ring (bicyclic) bond motifs is 3. The number of halogens is 1. The molecule has 2 aromatic heterocycles.